The van der Waals surface area contributed by atoms with E-state index in [1.165, 1.54) is 29.6 Å². The molecule has 0 N–H and O–H groups in total. The van der Waals surface area contributed by atoms with E-state index >= 15 is 0 Å². The molecule has 0 radical (unpaired) electrons. The van der Waals surface area contributed by atoms with Gasteiger partial charge in [0.15, 0.2) is 5.82 Å². The highest BCUT2D eigenvalue weighted by atomic mass is 32.2. The molecular weight excluding hydrogens is 448 g/mol. The molecule has 3 heterocycles. The topological polar surface area (TPSA) is 115 Å². The molecule has 2 aliphatic heterocycles. The maximum absolute atomic E-state index is 13.5. The first-order valence-electron chi connectivity index (χ1n) is 11.2. The minimum absolute atomic E-state index is 0.0368. The second-order valence-electron chi connectivity index (χ2n) is 8.61. The summed E-state index contributed by atoms with van der Waals surface area (Å²) < 4.78 is 43.6. The zero-order valence-electron chi connectivity index (χ0n) is 19.2. The number of aromatic nitrogens is 2. The Bertz CT molecular complexity index is 1090. The molecule has 0 saturated carbocycles. The van der Waals surface area contributed by atoms with Crippen molar-refractivity contribution in [1.29, 1.82) is 0 Å². The predicted octanol–water partition coefficient (Wildman–Crippen LogP) is 2.24. The van der Waals surface area contributed by atoms with Gasteiger partial charge in [0.1, 0.15) is 5.75 Å². The van der Waals surface area contributed by atoms with Crippen molar-refractivity contribution >= 4 is 15.9 Å². The number of piperidine rings is 1. The first kappa shape index (κ1) is 23.7. The van der Waals surface area contributed by atoms with Gasteiger partial charge in [-0.1, -0.05) is 19.0 Å². The molecule has 1 unspecified atom stereocenters. The molecule has 1 atom stereocenters. The zero-order valence-corrected chi connectivity index (χ0v) is 20.0. The molecule has 2 fully saturated rings. The number of rotatable bonds is 6. The van der Waals surface area contributed by atoms with Gasteiger partial charge in [-0.25, -0.2) is 8.42 Å². The van der Waals surface area contributed by atoms with Crippen LogP contribution in [0.15, 0.2) is 27.6 Å². The van der Waals surface area contributed by atoms with E-state index in [1.807, 2.05) is 13.8 Å². The van der Waals surface area contributed by atoms with Crippen molar-refractivity contribution in [3.05, 3.63) is 35.5 Å². The fourth-order valence-corrected chi connectivity index (χ4v) is 5.58. The first-order valence-corrected chi connectivity index (χ1v) is 12.6. The van der Waals surface area contributed by atoms with Crippen LogP contribution >= 0.6 is 0 Å². The number of likely N-dealkylation sites (tertiary alicyclic amines) is 1. The summed E-state index contributed by atoms with van der Waals surface area (Å²) in [5.74, 6) is 1.34. The van der Waals surface area contributed by atoms with Crippen molar-refractivity contribution in [2.75, 3.05) is 46.5 Å². The molecular formula is C22H30N4O6S. The first-order chi connectivity index (χ1) is 15.8. The number of nitrogens with zero attached hydrogens (tertiary/aromatic N) is 4. The molecule has 0 bridgehead atoms. The van der Waals surface area contributed by atoms with E-state index in [0.29, 0.717) is 43.8 Å². The highest BCUT2D eigenvalue weighted by Crippen LogP contribution is 2.30. The molecule has 33 heavy (non-hydrogen) atoms. The summed E-state index contributed by atoms with van der Waals surface area (Å²) >= 11 is 0. The summed E-state index contributed by atoms with van der Waals surface area (Å²) in [6.45, 7) is 6.24. The fraction of sp³-hybridized carbons (Fsp3) is 0.591. The number of carbonyl (C=O) groups excluding carboxylic acids is 1. The van der Waals surface area contributed by atoms with Crippen molar-refractivity contribution in [2.45, 2.75) is 43.4 Å². The fourth-order valence-electron chi connectivity index (χ4n) is 4.14. The van der Waals surface area contributed by atoms with Crippen LogP contribution < -0.4 is 4.74 Å². The molecule has 0 aliphatic carbocycles. The van der Waals surface area contributed by atoms with Gasteiger partial charge in [-0.3, -0.25) is 4.79 Å². The molecule has 11 heteroatoms. The van der Waals surface area contributed by atoms with Crippen LogP contribution in [-0.4, -0.2) is 80.2 Å². The lowest BCUT2D eigenvalue weighted by molar-refractivity contribution is 0.0699. The average Bonchev–Trinajstić information content (AvgIpc) is 3.35. The molecule has 2 aliphatic rings. The van der Waals surface area contributed by atoms with Gasteiger partial charge in [0.2, 0.25) is 15.9 Å². The number of hydrogen-bond acceptors (Lipinski definition) is 8. The van der Waals surface area contributed by atoms with Crippen molar-refractivity contribution < 1.29 is 27.2 Å². The lowest BCUT2D eigenvalue weighted by atomic mass is 9.96. The van der Waals surface area contributed by atoms with Crippen LogP contribution in [0, 0.1) is 0 Å². The molecule has 4 rings (SSSR count). The van der Waals surface area contributed by atoms with E-state index in [-0.39, 0.29) is 41.3 Å². The van der Waals surface area contributed by atoms with E-state index in [0.717, 1.165) is 12.8 Å². The molecule has 180 valence electrons. The third kappa shape index (κ3) is 4.90. The molecule has 2 saturated heterocycles. The Labute approximate surface area is 193 Å². The number of benzene rings is 1. The number of sulfonamides is 1. The summed E-state index contributed by atoms with van der Waals surface area (Å²) in [6.07, 6.45) is 1.64. The minimum atomic E-state index is -3.74. The Morgan fingerprint density at radius 1 is 1.21 bits per heavy atom. The monoisotopic (exact) mass is 478 g/mol. The highest BCUT2D eigenvalue weighted by molar-refractivity contribution is 7.89. The van der Waals surface area contributed by atoms with Gasteiger partial charge in [-0.15, -0.1) is 0 Å². The van der Waals surface area contributed by atoms with Crippen LogP contribution in [0.25, 0.3) is 0 Å². The van der Waals surface area contributed by atoms with Crippen molar-refractivity contribution in [3.8, 4) is 5.75 Å². The Morgan fingerprint density at radius 3 is 2.64 bits per heavy atom. The summed E-state index contributed by atoms with van der Waals surface area (Å²) in [4.78, 5) is 19.8. The quantitative estimate of drug-likeness (QED) is 0.621. The summed E-state index contributed by atoms with van der Waals surface area (Å²) in [5, 5.41) is 4.12. The van der Waals surface area contributed by atoms with E-state index in [2.05, 4.69) is 10.1 Å². The summed E-state index contributed by atoms with van der Waals surface area (Å²) in [5.41, 5.74) is 0.225. The second-order valence-corrected chi connectivity index (χ2v) is 10.6. The lowest BCUT2D eigenvalue weighted by Gasteiger charge is -2.32. The Kier molecular flexibility index (Phi) is 7.01. The third-order valence-corrected chi connectivity index (χ3v) is 7.93. The van der Waals surface area contributed by atoms with Gasteiger partial charge in [0, 0.05) is 38.0 Å². The minimum Gasteiger partial charge on any atom is -0.496 e. The third-order valence-electron chi connectivity index (χ3n) is 6.03. The van der Waals surface area contributed by atoms with Crippen LogP contribution in [0.2, 0.25) is 0 Å². The van der Waals surface area contributed by atoms with Crippen LogP contribution in [0.5, 0.6) is 5.75 Å². The van der Waals surface area contributed by atoms with Gasteiger partial charge in [0.25, 0.3) is 5.91 Å². The second kappa shape index (κ2) is 9.78. The number of hydrogen-bond donors (Lipinski definition) is 0. The van der Waals surface area contributed by atoms with Crippen LogP contribution in [0.3, 0.4) is 0 Å². The van der Waals surface area contributed by atoms with E-state index in [9.17, 15) is 13.2 Å². The normalized spacial score (nSPS) is 20.2. The SMILES string of the molecule is COc1ccc(S(=O)(=O)N2CCOCC2)cc1C(=O)N1CCCC(c2noc(C(C)C)n2)C1. The molecule has 2 aromatic rings. The maximum atomic E-state index is 13.5. The standard InChI is InChI=1S/C22H30N4O6S/c1-15(2)21-23-20(24-32-21)16-5-4-8-25(14-16)22(27)18-13-17(6-7-19(18)30-3)33(28,29)26-9-11-31-12-10-26/h6-7,13,15-16H,4-5,8-12,14H2,1-3H3. The Hall–Kier alpha value is -2.50. The number of morpholine rings is 1. The largest absolute Gasteiger partial charge is 0.496 e. The van der Waals surface area contributed by atoms with Crippen molar-refractivity contribution in [2.24, 2.45) is 0 Å². The summed E-state index contributed by atoms with van der Waals surface area (Å²) in [7, 11) is -2.27. The lowest BCUT2D eigenvalue weighted by Crippen LogP contribution is -2.41. The van der Waals surface area contributed by atoms with Gasteiger partial charge in [0.05, 0.1) is 30.8 Å². The maximum Gasteiger partial charge on any atom is 0.257 e. The van der Waals surface area contributed by atoms with Crippen LogP contribution in [0.1, 0.15) is 60.6 Å². The van der Waals surface area contributed by atoms with E-state index in [4.69, 9.17) is 14.0 Å². The van der Waals surface area contributed by atoms with Gasteiger partial charge in [-0.2, -0.15) is 9.29 Å². The van der Waals surface area contributed by atoms with Gasteiger partial charge in [-0.05, 0) is 31.0 Å². The summed E-state index contributed by atoms with van der Waals surface area (Å²) in [6, 6.07) is 4.43. The molecule has 1 aromatic carbocycles. The molecule has 1 aromatic heterocycles. The van der Waals surface area contributed by atoms with Crippen molar-refractivity contribution in [3.63, 3.8) is 0 Å². The Balaban J connectivity index is 1.58. The molecule has 1 amide bonds. The highest BCUT2D eigenvalue weighted by Gasteiger charge is 2.32. The predicted molar refractivity (Wildman–Crippen MR) is 119 cm³/mol. The van der Waals surface area contributed by atoms with Gasteiger partial charge < -0.3 is 18.9 Å². The number of carbonyl (C=O) groups is 1. The molecule has 0 spiro atoms. The van der Waals surface area contributed by atoms with Crippen molar-refractivity contribution in [1.82, 2.24) is 19.3 Å². The van der Waals surface area contributed by atoms with E-state index < -0.39 is 10.0 Å². The van der Waals surface area contributed by atoms with Crippen LogP contribution in [0.4, 0.5) is 0 Å². The number of amides is 1. The van der Waals surface area contributed by atoms with Crippen LogP contribution in [-0.2, 0) is 14.8 Å². The number of methoxy groups -OCH3 is 1. The smallest absolute Gasteiger partial charge is 0.257 e. The average molecular weight is 479 g/mol. The number of ether oxygens (including phenoxy) is 2. The molecule has 10 nitrogen and oxygen atoms in total. The zero-order chi connectivity index (χ0) is 23.6. The van der Waals surface area contributed by atoms with E-state index in [1.54, 1.807) is 4.90 Å². The Morgan fingerprint density at radius 2 is 1.97 bits per heavy atom. The van der Waals surface area contributed by atoms with Gasteiger partial charge >= 0.3 is 0 Å².